The highest BCUT2D eigenvalue weighted by molar-refractivity contribution is 5.91. The summed E-state index contributed by atoms with van der Waals surface area (Å²) in [6, 6.07) is 0. The fourth-order valence-electron chi connectivity index (χ4n) is 4.69. The van der Waals surface area contributed by atoms with Crippen LogP contribution < -0.4 is 0 Å². The van der Waals surface area contributed by atoms with Crippen LogP contribution in [-0.2, 0) is 19.1 Å². The van der Waals surface area contributed by atoms with Gasteiger partial charge in [-0.05, 0) is 32.1 Å². The minimum absolute atomic E-state index is 0.149. The largest absolute Gasteiger partial charge is 0.481 e. The van der Waals surface area contributed by atoms with Crippen LogP contribution in [0.25, 0.3) is 0 Å². The van der Waals surface area contributed by atoms with Gasteiger partial charge in [-0.2, -0.15) is 0 Å². The van der Waals surface area contributed by atoms with Gasteiger partial charge in [-0.15, -0.1) is 0 Å². The number of carboxylic acid groups (broad SMARTS) is 1. The minimum atomic E-state index is -1.00. The highest BCUT2D eigenvalue weighted by atomic mass is 16.5. The van der Waals surface area contributed by atoms with Crippen LogP contribution in [0.15, 0.2) is 11.8 Å². The zero-order valence-electron chi connectivity index (χ0n) is 17.4. The molecular weight excluding hydrogens is 358 g/mol. The summed E-state index contributed by atoms with van der Waals surface area (Å²) in [5, 5.41) is 9.30. The zero-order valence-corrected chi connectivity index (χ0v) is 17.4. The lowest BCUT2D eigenvalue weighted by atomic mass is 9.69. The predicted molar refractivity (Wildman–Crippen MR) is 106 cm³/mol. The topological polar surface area (TPSA) is 83.9 Å². The molecule has 1 aliphatic heterocycles. The van der Waals surface area contributed by atoms with Crippen molar-refractivity contribution < 1.29 is 24.2 Å². The first-order valence-corrected chi connectivity index (χ1v) is 10.8. The van der Waals surface area contributed by atoms with Crippen LogP contribution in [-0.4, -0.2) is 41.5 Å². The van der Waals surface area contributed by atoms with Gasteiger partial charge in [-0.1, -0.05) is 51.5 Å². The molecule has 28 heavy (non-hydrogen) atoms. The molecule has 158 valence electrons. The number of allylic oxidation sites excluding steroid dienone is 1. The fraction of sp³-hybridized carbons (Fsp3) is 0.773. The molecule has 0 aromatic heterocycles. The van der Waals surface area contributed by atoms with Crippen molar-refractivity contribution in [1.29, 1.82) is 0 Å². The number of ether oxygens (including phenoxy) is 1. The third kappa shape index (κ3) is 5.15. The van der Waals surface area contributed by atoms with Crippen molar-refractivity contribution in [3.8, 4) is 0 Å². The number of carboxylic acids is 1. The lowest BCUT2D eigenvalue weighted by Gasteiger charge is -2.45. The Morgan fingerprint density at radius 3 is 2.61 bits per heavy atom. The van der Waals surface area contributed by atoms with Crippen molar-refractivity contribution in [2.24, 2.45) is 11.3 Å². The number of amides is 1. The van der Waals surface area contributed by atoms with Crippen LogP contribution in [0.5, 0.6) is 0 Å². The smallest absolute Gasteiger partial charge is 0.317 e. The van der Waals surface area contributed by atoms with E-state index < -0.39 is 17.3 Å². The molecule has 1 N–H and O–H groups in total. The Labute approximate surface area is 168 Å². The summed E-state index contributed by atoms with van der Waals surface area (Å²) in [6.07, 6.45) is 11.9. The van der Waals surface area contributed by atoms with E-state index >= 15 is 0 Å². The average molecular weight is 394 g/mol. The highest BCUT2D eigenvalue weighted by Crippen LogP contribution is 2.49. The van der Waals surface area contributed by atoms with E-state index in [0.29, 0.717) is 13.0 Å². The van der Waals surface area contributed by atoms with Gasteiger partial charge in [0, 0.05) is 12.2 Å². The third-order valence-electron chi connectivity index (χ3n) is 6.12. The van der Waals surface area contributed by atoms with Gasteiger partial charge < -0.3 is 14.7 Å². The maximum absolute atomic E-state index is 13.1. The maximum atomic E-state index is 13.1. The second-order valence-electron chi connectivity index (χ2n) is 8.17. The van der Waals surface area contributed by atoms with Gasteiger partial charge in [0.15, 0.2) is 0 Å². The number of esters is 1. The molecule has 0 aromatic carbocycles. The molecule has 0 saturated carbocycles. The Hall–Kier alpha value is -1.85. The number of fused-ring (bicyclic) bond motifs is 1. The molecular formula is C22H35NO5. The van der Waals surface area contributed by atoms with Gasteiger partial charge in [-0.25, -0.2) is 0 Å². The Balaban J connectivity index is 2.24. The summed E-state index contributed by atoms with van der Waals surface area (Å²) in [7, 11) is 1.38. The molecule has 0 bridgehead atoms. The normalized spacial score (nSPS) is 24.9. The summed E-state index contributed by atoms with van der Waals surface area (Å²) in [5.74, 6) is -2.16. The van der Waals surface area contributed by atoms with Crippen molar-refractivity contribution in [1.82, 2.24) is 4.90 Å². The molecule has 1 saturated heterocycles. The second-order valence-corrected chi connectivity index (χ2v) is 8.17. The first-order valence-electron chi connectivity index (χ1n) is 10.8. The van der Waals surface area contributed by atoms with E-state index in [2.05, 4.69) is 6.92 Å². The Kier molecular flexibility index (Phi) is 8.52. The number of unbranched alkanes of at least 4 members (excludes halogenated alkanes) is 5. The van der Waals surface area contributed by atoms with Gasteiger partial charge in [0.1, 0.15) is 5.41 Å². The quantitative estimate of drug-likeness (QED) is 0.442. The van der Waals surface area contributed by atoms with E-state index in [0.717, 1.165) is 44.2 Å². The number of likely N-dealkylation sites (tertiary alicyclic amines) is 1. The van der Waals surface area contributed by atoms with E-state index in [9.17, 15) is 19.5 Å². The van der Waals surface area contributed by atoms with E-state index in [1.807, 2.05) is 6.08 Å². The molecule has 0 spiro atoms. The molecule has 2 aliphatic rings. The summed E-state index contributed by atoms with van der Waals surface area (Å²) >= 11 is 0. The summed E-state index contributed by atoms with van der Waals surface area (Å²) < 4.78 is 5.15. The molecule has 0 unspecified atom stereocenters. The molecule has 0 aromatic rings. The van der Waals surface area contributed by atoms with Crippen molar-refractivity contribution in [3.05, 3.63) is 11.8 Å². The van der Waals surface area contributed by atoms with E-state index in [4.69, 9.17) is 4.74 Å². The van der Waals surface area contributed by atoms with E-state index in [1.54, 1.807) is 4.90 Å². The number of piperidine rings is 1. The van der Waals surface area contributed by atoms with Crippen LogP contribution in [0.2, 0.25) is 0 Å². The monoisotopic (exact) mass is 393 g/mol. The SMILES string of the molecule is CCCCCCCCN1C(=O)[C@@H](CC(=O)O)C[C@@]2(C(=O)OC)CCCCC=C12. The Morgan fingerprint density at radius 2 is 1.93 bits per heavy atom. The third-order valence-corrected chi connectivity index (χ3v) is 6.12. The first-order chi connectivity index (χ1) is 13.5. The molecule has 2 rings (SSSR count). The number of aliphatic carboxylic acids is 1. The number of rotatable bonds is 10. The molecule has 0 radical (unpaired) electrons. The van der Waals surface area contributed by atoms with Crippen molar-refractivity contribution in [3.63, 3.8) is 0 Å². The Morgan fingerprint density at radius 1 is 1.21 bits per heavy atom. The number of carbonyl (C=O) groups excluding carboxylic acids is 2. The molecule has 2 atom stereocenters. The van der Waals surface area contributed by atoms with Gasteiger partial charge in [-0.3, -0.25) is 14.4 Å². The number of hydrogen-bond acceptors (Lipinski definition) is 4. The standard InChI is InChI=1S/C22H35NO5/c1-3-4-5-6-7-11-14-23-18-12-9-8-10-13-22(18,21(27)28-2)16-17(20(23)26)15-19(24)25/h12,17H,3-11,13-16H2,1-2H3,(H,24,25)/t17-,22-/m0/s1. The van der Waals surface area contributed by atoms with Gasteiger partial charge in [0.05, 0.1) is 19.4 Å². The van der Waals surface area contributed by atoms with Crippen LogP contribution >= 0.6 is 0 Å². The van der Waals surface area contributed by atoms with Crippen LogP contribution in [0.4, 0.5) is 0 Å². The molecule has 1 aliphatic carbocycles. The molecule has 1 amide bonds. The van der Waals surface area contributed by atoms with Gasteiger partial charge >= 0.3 is 11.9 Å². The highest BCUT2D eigenvalue weighted by Gasteiger charge is 2.53. The van der Waals surface area contributed by atoms with Crippen LogP contribution in [0, 0.1) is 11.3 Å². The molecule has 1 heterocycles. The maximum Gasteiger partial charge on any atom is 0.317 e. The van der Waals surface area contributed by atoms with Gasteiger partial charge in [0.25, 0.3) is 0 Å². The summed E-state index contributed by atoms with van der Waals surface area (Å²) in [6.45, 7) is 2.73. The van der Waals surface area contributed by atoms with E-state index in [1.165, 1.54) is 26.4 Å². The minimum Gasteiger partial charge on any atom is -0.481 e. The van der Waals surface area contributed by atoms with Crippen LogP contribution in [0.3, 0.4) is 0 Å². The predicted octanol–water partition coefficient (Wildman–Crippen LogP) is 4.29. The van der Waals surface area contributed by atoms with Crippen LogP contribution in [0.1, 0.15) is 84.0 Å². The van der Waals surface area contributed by atoms with Gasteiger partial charge in [0.2, 0.25) is 5.91 Å². The van der Waals surface area contributed by atoms with Crippen molar-refractivity contribution in [2.45, 2.75) is 84.0 Å². The number of methoxy groups -OCH3 is 1. The first kappa shape index (κ1) is 22.4. The molecule has 1 fully saturated rings. The number of nitrogens with zero attached hydrogens (tertiary/aromatic N) is 1. The summed E-state index contributed by atoms with van der Waals surface area (Å²) in [5.41, 5.74) is -0.126. The number of hydrogen-bond donors (Lipinski definition) is 1. The fourth-order valence-corrected chi connectivity index (χ4v) is 4.69. The second kappa shape index (κ2) is 10.6. The summed E-state index contributed by atoms with van der Waals surface area (Å²) in [4.78, 5) is 39.0. The molecule has 6 nitrogen and oxygen atoms in total. The Bertz CT molecular complexity index is 600. The lowest BCUT2D eigenvalue weighted by Crippen LogP contribution is -2.53. The van der Waals surface area contributed by atoms with Crippen molar-refractivity contribution >= 4 is 17.8 Å². The average Bonchev–Trinajstić information content (AvgIpc) is 2.89. The lowest BCUT2D eigenvalue weighted by molar-refractivity contribution is -0.160. The number of carbonyl (C=O) groups is 3. The van der Waals surface area contributed by atoms with E-state index in [-0.39, 0.29) is 24.7 Å². The zero-order chi connectivity index (χ0) is 20.6. The van der Waals surface area contributed by atoms with Crippen molar-refractivity contribution in [2.75, 3.05) is 13.7 Å². The molecule has 6 heteroatoms.